The first-order valence-electron chi connectivity index (χ1n) is 7.57. The molecule has 0 aliphatic heterocycles. The van der Waals surface area contributed by atoms with Gasteiger partial charge in [0, 0.05) is 17.2 Å². The molecule has 2 aromatic carbocycles. The summed E-state index contributed by atoms with van der Waals surface area (Å²) < 4.78 is 23.6. The molecular formula is C17H15N3O4S2. The van der Waals surface area contributed by atoms with Crippen LogP contribution in [0.15, 0.2) is 58.8 Å². The molecule has 134 valence electrons. The van der Waals surface area contributed by atoms with Crippen molar-refractivity contribution in [2.24, 2.45) is 0 Å². The van der Waals surface area contributed by atoms with E-state index in [1.807, 2.05) is 35.7 Å². The van der Waals surface area contributed by atoms with E-state index in [1.165, 1.54) is 29.5 Å². The number of para-hydroxylation sites is 1. The van der Waals surface area contributed by atoms with E-state index in [1.54, 1.807) is 0 Å². The number of nitro groups is 1. The van der Waals surface area contributed by atoms with Crippen LogP contribution in [-0.2, 0) is 16.4 Å². The minimum atomic E-state index is -3.71. The van der Waals surface area contributed by atoms with Crippen molar-refractivity contribution in [3.8, 4) is 10.6 Å². The van der Waals surface area contributed by atoms with Crippen LogP contribution in [0.3, 0.4) is 0 Å². The van der Waals surface area contributed by atoms with Gasteiger partial charge in [-0.1, -0.05) is 36.4 Å². The molecule has 0 unspecified atom stereocenters. The van der Waals surface area contributed by atoms with Crippen molar-refractivity contribution in [3.63, 3.8) is 0 Å². The Morgan fingerprint density at radius 2 is 1.88 bits per heavy atom. The molecule has 0 atom stereocenters. The van der Waals surface area contributed by atoms with Crippen LogP contribution in [0.2, 0.25) is 0 Å². The minimum absolute atomic E-state index is 0.146. The molecular weight excluding hydrogens is 374 g/mol. The summed E-state index contributed by atoms with van der Waals surface area (Å²) in [7, 11) is -3.71. The van der Waals surface area contributed by atoms with E-state index in [0.29, 0.717) is 5.69 Å². The van der Waals surface area contributed by atoms with Gasteiger partial charge in [0.15, 0.2) is 9.84 Å². The fourth-order valence-corrected chi connectivity index (χ4v) is 4.13. The van der Waals surface area contributed by atoms with Gasteiger partial charge in [-0.3, -0.25) is 10.1 Å². The van der Waals surface area contributed by atoms with E-state index >= 15 is 0 Å². The smallest absolute Gasteiger partial charge is 0.310 e. The zero-order valence-corrected chi connectivity index (χ0v) is 15.4. The molecule has 1 N–H and O–H groups in total. The molecule has 0 radical (unpaired) electrons. The van der Waals surface area contributed by atoms with Crippen LogP contribution in [0.4, 0.5) is 11.4 Å². The number of nitro benzene ring substituents is 1. The Morgan fingerprint density at radius 3 is 2.54 bits per heavy atom. The third-order valence-corrected chi connectivity index (χ3v) is 5.68. The fraction of sp³-hybridized carbons (Fsp3) is 0.118. The molecule has 3 aromatic rings. The number of hydrogen-bond acceptors (Lipinski definition) is 7. The summed E-state index contributed by atoms with van der Waals surface area (Å²) in [5.41, 5.74) is 1.41. The number of benzene rings is 2. The lowest BCUT2D eigenvalue weighted by Crippen LogP contribution is -2.08. The maximum Gasteiger partial charge on any atom is 0.310 e. The van der Waals surface area contributed by atoms with E-state index in [-0.39, 0.29) is 17.1 Å². The maximum atomic E-state index is 11.8. The lowest BCUT2D eigenvalue weighted by Gasteiger charge is -2.08. The van der Waals surface area contributed by atoms with E-state index in [0.717, 1.165) is 16.8 Å². The van der Waals surface area contributed by atoms with Gasteiger partial charge in [-0.15, -0.1) is 11.3 Å². The normalized spacial score (nSPS) is 11.3. The van der Waals surface area contributed by atoms with E-state index in [2.05, 4.69) is 10.3 Å². The number of nitrogens with zero attached hydrogens (tertiary/aromatic N) is 2. The van der Waals surface area contributed by atoms with Crippen molar-refractivity contribution in [3.05, 3.63) is 69.7 Å². The molecule has 0 bridgehead atoms. The van der Waals surface area contributed by atoms with E-state index in [9.17, 15) is 18.5 Å². The number of sulfone groups is 1. The Labute approximate surface area is 154 Å². The van der Waals surface area contributed by atoms with Gasteiger partial charge < -0.3 is 5.32 Å². The van der Waals surface area contributed by atoms with Crippen molar-refractivity contribution >= 4 is 32.5 Å². The molecule has 0 aliphatic rings. The molecule has 0 aliphatic carbocycles. The Hall–Kier alpha value is -2.78. The summed E-state index contributed by atoms with van der Waals surface area (Å²) in [6.45, 7) is 0.247. The molecule has 1 aromatic heterocycles. The van der Waals surface area contributed by atoms with Crippen molar-refractivity contribution in [1.82, 2.24) is 4.98 Å². The SMILES string of the molecule is CS(=O)(=O)c1cccc(NCc2csc(-c3ccccc3)n2)c1[N+](=O)[O-]. The van der Waals surface area contributed by atoms with Gasteiger partial charge >= 0.3 is 5.69 Å². The molecule has 0 amide bonds. The number of anilines is 1. The Balaban J connectivity index is 1.85. The molecule has 3 rings (SSSR count). The molecule has 0 spiro atoms. The summed E-state index contributed by atoms with van der Waals surface area (Å²) in [4.78, 5) is 14.9. The van der Waals surface area contributed by atoms with Crippen LogP contribution < -0.4 is 5.32 Å². The largest absolute Gasteiger partial charge is 0.374 e. The number of nitrogens with one attached hydrogen (secondary N) is 1. The van der Waals surface area contributed by atoms with Gasteiger partial charge in [-0.05, 0) is 12.1 Å². The average Bonchev–Trinajstić information content (AvgIpc) is 3.08. The maximum absolute atomic E-state index is 11.8. The average molecular weight is 389 g/mol. The van der Waals surface area contributed by atoms with Crippen LogP contribution in [-0.4, -0.2) is 24.6 Å². The van der Waals surface area contributed by atoms with Crippen molar-refractivity contribution < 1.29 is 13.3 Å². The first-order chi connectivity index (χ1) is 12.4. The highest BCUT2D eigenvalue weighted by Crippen LogP contribution is 2.32. The lowest BCUT2D eigenvalue weighted by atomic mass is 10.2. The fourth-order valence-electron chi connectivity index (χ4n) is 2.44. The molecule has 0 fully saturated rings. The van der Waals surface area contributed by atoms with E-state index in [4.69, 9.17) is 0 Å². The highest BCUT2D eigenvalue weighted by Gasteiger charge is 2.26. The zero-order chi connectivity index (χ0) is 18.7. The summed E-state index contributed by atoms with van der Waals surface area (Å²) in [6.07, 6.45) is 0.950. The van der Waals surface area contributed by atoms with Crippen LogP contribution in [0.1, 0.15) is 5.69 Å². The highest BCUT2D eigenvalue weighted by atomic mass is 32.2. The van der Waals surface area contributed by atoms with Crippen LogP contribution in [0.25, 0.3) is 10.6 Å². The molecule has 0 saturated heterocycles. The van der Waals surface area contributed by atoms with Crippen LogP contribution in [0, 0.1) is 10.1 Å². The van der Waals surface area contributed by atoms with Crippen molar-refractivity contribution in [1.29, 1.82) is 0 Å². The Bertz CT molecular complexity index is 1050. The summed E-state index contributed by atoms with van der Waals surface area (Å²) in [5.74, 6) is 0. The standard InChI is InChI=1S/C17H15N3O4S2/c1-26(23,24)15-9-5-8-14(16(15)20(21)22)18-10-13-11-25-17(19-13)12-6-3-2-4-7-12/h2-9,11,18H,10H2,1H3. The van der Waals surface area contributed by atoms with Crippen LogP contribution in [0.5, 0.6) is 0 Å². The number of aromatic nitrogens is 1. The minimum Gasteiger partial charge on any atom is -0.374 e. The van der Waals surface area contributed by atoms with Gasteiger partial charge in [0.1, 0.15) is 15.6 Å². The third-order valence-electron chi connectivity index (χ3n) is 3.61. The summed E-state index contributed by atoms with van der Waals surface area (Å²) >= 11 is 1.47. The van der Waals surface area contributed by atoms with Crippen LogP contribution >= 0.6 is 11.3 Å². The monoisotopic (exact) mass is 389 g/mol. The molecule has 26 heavy (non-hydrogen) atoms. The van der Waals surface area contributed by atoms with Gasteiger partial charge in [0.05, 0.1) is 17.2 Å². The second-order valence-corrected chi connectivity index (χ2v) is 8.39. The molecule has 9 heteroatoms. The van der Waals surface area contributed by atoms with E-state index < -0.39 is 20.4 Å². The molecule has 7 nitrogen and oxygen atoms in total. The lowest BCUT2D eigenvalue weighted by molar-refractivity contribution is -0.386. The zero-order valence-electron chi connectivity index (χ0n) is 13.7. The first-order valence-corrected chi connectivity index (χ1v) is 10.3. The molecule has 0 saturated carbocycles. The van der Waals surface area contributed by atoms with Gasteiger partial charge in [0.2, 0.25) is 0 Å². The Morgan fingerprint density at radius 1 is 1.15 bits per heavy atom. The number of thiazole rings is 1. The second kappa shape index (κ2) is 7.22. The molecule has 1 heterocycles. The van der Waals surface area contributed by atoms with Gasteiger partial charge in [0.25, 0.3) is 0 Å². The number of rotatable bonds is 6. The Kier molecular flexibility index (Phi) is 5.01. The van der Waals surface area contributed by atoms with Crippen molar-refractivity contribution in [2.45, 2.75) is 11.4 Å². The third kappa shape index (κ3) is 3.89. The van der Waals surface area contributed by atoms with Crippen molar-refractivity contribution in [2.75, 3.05) is 11.6 Å². The first kappa shape index (κ1) is 18.0. The predicted molar refractivity (Wildman–Crippen MR) is 101 cm³/mol. The number of hydrogen-bond donors (Lipinski definition) is 1. The second-order valence-electron chi connectivity index (χ2n) is 5.55. The summed E-state index contributed by atoms with van der Waals surface area (Å²) in [6, 6.07) is 13.9. The quantitative estimate of drug-likeness (QED) is 0.509. The van der Waals surface area contributed by atoms with Gasteiger partial charge in [-0.2, -0.15) is 0 Å². The summed E-state index contributed by atoms with van der Waals surface area (Å²) in [5, 5.41) is 17.0. The van der Waals surface area contributed by atoms with Gasteiger partial charge in [-0.25, -0.2) is 13.4 Å². The predicted octanol–water partition coefficient (Wildman–Crippen LogP) is 3.73. The topological polar surface area (TPSA) is 102 Å². The highest BCUT2D eigenvalue weighted by molar-refractivity contribution is 7.90.